The van der Waals surface area contributed by atoms with Crippen molar-refractivity contribution in [2.24, 2.45) is 5.10 Å². The molecule has 2 aromatic carbocycles. The summed E-state index contributed by atoms with van der Waals surface area (Å²) in [5.74, 6) is 0.878. The van der Waals surface area contributed by atoms with Gasteiger partial charge < -0.3 is 15.0 Å². The molecule has 0 radical (unpaired) electrons. The second-order valence-electron chi connectivity index (χ2n) is 6.89. The Kier molecular flexibility index (Phi) is 5.94. The van der Waals surface area contributed by atoms with Crippen molar-refractivity contribution in [3.8, 4) is 11.6 Å². The molecule has 0 saturated heterocycles. The third kappa shape index (κ3) is 5.26. The van der Waals surface area contributed by atoms with Gasteiger partial charge in [-0.2, -0.15) is 18.3 Å². The number of nitrogens with one attached hydrogen (secondary N) is 3. The number of hydrazone groups is 1. The fraction of sp³-hybridized carbons (Fsp3) is 0.0909. The largest absolute Gasteiger partial charge is 0.438 e. The van der Waals surface area contributed by atoms with Gasteiger partial charge in [0.05, 0.1) is 16.7 Å². The lowest BCUT2D eigenvalue weighted by molar-refractivity contribution is -0.137. The summed E-state index contributed by atoms with van der Waals surface area (Å²) in [6.45, 7) is 1.67. The van der Waals surface area contributed by atoms with Gasteiger partial charge in [0.25, 0.3) is 0 Å². The number of H-pyrrole nitrogens is 1. The van der Waals surface area contributed by atoms with Crippen LogP contribution in [-0.4, -0.2) is 26.7 Å². The van der Waals surface area contributed by atoms with Crippen LogP contribution in [-0.2, 0) is 6.18 Å². The second kappa shape index (κ2) is 8.99. The zero-order valence-corrected chi connectivity index (χ0v) is 17.1. The van der Waals surface area contributed by atoms with E-state index in [4.69, 9.17) is 4.74 Å². The standard InChI is InChI=1S/C22H17F3N6O2/c1-13(30-31-21(32)29-16-6-3-5-15(11-16)22(23,24)25)14-4-2-7-17(10-14)33-20-18-8-9-26-19(18)27-12-28-20/h2-12H,1H3,(H,26,27,28)(H2,29,31,32)/b30-13+. The molecule has 0 saturated carbocycles. The Hall–Kier alpha value is -4.41. The number of ether oxygens (including phenoxy) is 1. The molecule has 4 rings (SSSR count). The molecule has 2 heterocycles. The Labute approximate surface area is 185 Å². The minimum Gasteiger partial charge on any atom is -0.438 e. The molecular weight excluding hydrogens is 437 g/mol. The third-order valence-electron chi connectivity index (χ3n) is 4.56. The molecule has 2 aromatic heterocycles. The van der Waals surface area contributed by atoms with Crippen molar-refractivity contribution >= 4 is 28.5 Å². The summed E-state index contributed by atoms with van der Waals surface area (Å²) in [5.41, 5.74) is 3.15. The van der Waals surface area contributed by atoms with Crippen molar-refractivity contribution in [1.82, 2.24) is 20.4 Å². The van der Waals surface area contributed by atoms with Crippen LogP contribution in [0.2, 0.25) is 0 Å². The number of nitrogens with zero attached hydrogens (tertiary/aromatic N) is 3. The van der Waals surface area contributed by atoms with Gasteiger partial charge in [-0.15, -0.1) is 0 Å². The van der Waals surface area contributed by atoms with E-state index < -0.39 is 17.8 Å². The molecule has 0 aliphatic rings. The quantitative estimate of drug-likeness (QED) is 0.281. The first-order chi connectivity index (χ1) is 15.8. The van der Waals surface area contributed by atoms with Crippen LogP contribution in [0, 0.1) is 0 Å². The number of alkyl halides is 3. The number of hydrogen-bond acceptors (Lipinski definition) is 5. The van der Waals surface area contributed by atoms with E-state index in [0.29, 0.717) is 28.6 Å². The van der Waals surface area contributed by atoms with Crippen molar-refractivity contribution < 1.29 is 22.7 Å². The lowest BCUT2D eigenvalue weighted by Crippen LogP contribution is -2.25. The van der Waals surface area contributed by atoms with E-state index in [1.807, 2.05) is 0 Å². The van der Waals surface area contributed by atoms with E-state index in [2.05, 4.69) is 30.8 Å². The Morgan fingerprint density at radius 1 is 1.09 bits per heavy atom. The number of carbonyl (C=O) groups excluding carboxylic acids is 1. The average Bonchev–Trinajstić information content (AvgIpc) is 3.27. The molecule has 11 heteroatoms. The SMILES string of the molecule is C/C(=N\NC(=O)Nc1cccc(C(F)(F)F)c1)c1cccc(Oc2ncnc3[nH]ccc23)c1. The van der Waals surface area contributed by atoms with Crippen LogP contribution in [0.5, 0.6) is 11.6 Å². The molecular formula is C22H17F3N6O2. The smallest absolute Gasteiger partial charge is 0.416 e. The Balaban J connectivity index is 1.43. The Morgan fingerprint density at radius 2 is 1.91 bits per heavy atom. The molecule has 168 valence electrons. The number of benzene rings is 2. The normalized spacial score (nSPS) is 11.9. The van der Waals surface area contributed by atoms with Gasteiger partial charge in [0.15, 0.2) is 0 Å². The summed E-state index contributed by atoms with van der Waals surface area (Å²) < 4.78 is 44.3. The molecule has 0 bridgehead atoms. The molecule has 0 aliphatic heterocycles. The van der Waals surface area contributed by atoms with Gasteiger partial charge in [0.1, 0.15) is 17.7 Å². The summed E-state index contributed by atoms with van der Waals surface area (Å²) in [6.07, 6.45) is -1.39. The molecule has 33 heavy (non-hydrogen) atoms. The molecule has 8 nitrogen and oxygen atoms in total. The highest BCUT2D eigenvalue weighted by Crippen LogP contribution is 2.30. The average molecular weight is 454 g/mol. The molecule has 2 amide bonds. The van der Waals surface area contributed by atoms with Crippen LogP contribution < -0.4 is 15.5 Å². The van der Waals surface area contributed by atoms with Crippen molar-refractivity contribution in [3.05, 3.63) is 78.2 Å². The number of aromatic nitrogens is 3. The maximum atomic E-state index is 12.8. The highest BCUT2D eigenvalue weighted by Gasteiger charge is 2.30. The monoisotopic (exact) mass is 454 g/mol. The van der Waals surface area contributed by atoms with Gasteiger partial charge in [0.2, 0.25) is 5.88 Å². The fourth-order valence-corrected chi connectivity index (χ4v) is 2.96. The molecule has 0 spiro atoms. The van der Waals surface area contributed by atoms with Crippen LogP contribution >= 0.6 is 0 Å². The van der Waals surface area contributed by atoms with Crippen LogP contribution in [0.1, 0.15) is 18.1 Å². The van der Waals surface area contributed by atoms with Gasteiger partial charge >= 0.3 is 12.2 Å². The van der Waals surface area contributed by atoms with E-state index in [0.717, 1.165) is 17.5 Å². The maximum absolute atomic E-state index is 12.8. The van der Waals surface area contributed by atoms with Gasteiger partial charge in [-0.05, 0) is 43.3 Å². The summed E-state index contributed by atoms with van der Waals surface area (Å²) in [7, 11) is 0. The summed E-state index contributed by atoms with van der Waals surface area (Å²) in [4.78, 5) is 23.3. The van der Waals surface area contributed by atoms with Crippen molar-refractivity contribution in [1.29, 1.82) is 0 Å². The number of rotatable bonds is 5. The number of anilines is 1. The molecule has 0 unspecified atom stereocenters. The number of hydrogen-bond donors (Lipinski definition) is 3. The fourth-order valence-electron chi connectivity index (χ4n) is 2.96. The van der Waals surface area contributed by atoms with Crippen molar-refractivity contribution in [2.75, 3.05) is 5.32 Å². The number of fused-ring (bicyclic) bond motifs is 1. The van der Waals surface area contributed by atoms with Gasteiger partial charge in [0, 0.05) is 17.4 Å². The minimum absolute atomic E-state index is 0.00787. The lowest BCUT2D eigenvalue weighted by Gasteiger charge is -2.10. The van der Waals surface area contributed by atoms with Crippen LogP contribution in [0.25, 0.3) is 11.0 Å². The summed E-state index contributed by atoms with van der Waals surface area (Å²) >= 11 is 0. The maximum Gasteiger partial charge on any atom is 0.416 e. The molecule has 0 aliphatic carbocycles. The first-order valence-electron chi connectivity index (χ1n) is 9.64. The Morgan fingerprint density at radius 3 is 2.73 bits per heavy atom. The molecule has 4 aromatic rings. The zero-order valence-electron chi connectivity index (χ0n) is 17.1. The van der Waals surface area contributed by atoms with Crippen molar-refractivity contribution in [2.45, 2.75) is 13.1 Å². The van der Waals surface area contributed by atoms with E-state index in [1.165, 1.54) is 18.5 Å². The summed E-state index contributed by atoms with van der Waals surface area (Å²) in [6, 6.07) is 12.3. The molecule has 0 fully saturated rings. The van der Waals surface area contributed by atoms with Gasteiger partial charge in [-0.3, -0.25) is 0 Å². The van der Waals surface area contributed by atoms with Gasteiger partial charge in [-0.25, -0.2) is 20.2 Å². The number of urea groups is 1. The number of amides is 2. The highest BCUT2D eigenvalue weighted by molar-refractivity contribution is 6.00. The van der Waals surface area contributed by atoms with Crippen LogP contribution in [0.15, 0.2) is 72.2 Å². The minimum atomic E-state index is -4.51. The van der Waals surface area contributed by atoms with Crippen LogP contribution in [0.4, 0.5) is 23.7 Å². The summed E-state index contributed by atoms with van der Waals surface area (Å²) in [5, 5.41) is 7.04. The second-order valence-corrected chi connectivity index (χ2v) is 6.89. The highest BCUT2D eigenvalue weighted by atomic mass is 19.4. The van der Waals surface area contributed by atoms with Crippen LogP contribution in [0.3, 0.4) is 0 Å². The number of carbonyl (C=O) groups is 1. The predicted molar refractivity (Wildman–Crippen MR) is 116 cm³/mol. The molecule has 0 atom stereocenters. The Bertz CT molecular complexity index is 1330. The first kappa shape index (κ1) is 21.8. The third-order valence-corrected chi connectivity index (χ3v) is 4.56. The van der Waals surface area contributed by atoms with E-state index in [1.54, 1.807) is 43.5 Å². The van der Waals surface area contributed by atoms with E-state index >= 15 is 0 Å². The van der Waals surface area contributed by atoms with E-state index in [9.17, 15) is 18.0 Å². The number of aromatic amines is 1. The zero-order chi connectivity index (χ0) is 23.4. The lowest BCUT2D eigenvalue weighted by atomic mass is 10.1. The number of halogens is 3. The molecule has 3 N–H and O–H groups in total. The first-order valence-corrected chi connectivity index (χ1v) is 9.64. The van der Waals surface area contributed by atoms with Gasteiger partial charge in [-0.1, -0.05) is 18.2 Å². The van der Waals surface area contributed by atoms with Crippen molar-refractivity contribution in [3.63, 3.8) is 0 Å². The predicted octanol–water partition coefficient (Wildman–Crippen LogP) is 5.31. The van der Waals surface area contributed by atoms with E-state index in [-0.39, 0.29) is 5.69 Å². The topological polar surface area (TPSA) is 104 Å².